The van der Waals surface area contributed by atoms with Crippen molar-refractivity contribution in [3.8, 4) is 0 Å². The van der Waals surface area contributed by atoms with Gasteiger partial charge in [0.25, 0.3) is 11.6 Å². The second kappa shape index (κ2) is 6.43. The van der Waals surface area contributed by atoms with Crippen molar-refractivity contribution in [3.63, 3.8) is 0 Å². The number of anilines is 1. The molecule has 0 atom stereocenters. The first-order chi connectivity index (χ1) is 10.1. The maximum atomic E-state index is 12.1. The molecule has 2 aromatic rings. The Morgan fingerprint density at radius 3 is 2.90 bits per heavy atom. The molecule has 0 fully saturated rings. The van der Waals surface area contributed by atoms with Crippen molar-refractivity contribution in [2.75, 3.05) is 12.0 Å². The molecule has 0 spiro atoms. The molecule has 21 heavy (non-hydrogen) atoms. The predicted octanol–water partition coefficient (Wildman–Crippen LogP) is -0.0981. The molecule has 0 saturated heterocycles. The van der Waals surface area contributed by atoms with E-state index < -0.39 is 10.8 Å². The lowest BCUT2D eigenvalue weighted by Gasteiger charge is -2.09. The van der Waals surface area contributed by atoms with Crippen LogP contribution in [0.2, 0.25) is 0 Å². The van der Waals surface area contributed by atoms with Crippen molar-refractivity contribution in [2.45, 2.75) is 6.54 Å². The van der Waals surface area contributed by atoms with Crippen LogP contribution in [0.15, 0.2) is 30.6 Å². The van der Waals surface area contributed by atoms with Crippen LogP contribution in [0.5, 0.6) is 0 Å². The fourth-order valence-corrected chi connectivity index (χ4v) is 1.76. The summed E-state index contributed by atoms with van der Waals surface area (Å²) in [5.41, 5.74) is 2.01. The van der Waals surface area contributed by atoms with Gasteiger partial charge in [0.2, 0.25) is 0 Å². The monoisotopic (exact) mass is 291 g/mol. The molecule has 0 aliphatic carbocycles. The molecule has 0 radical (unpaired) electrons. The SMILES string of the molecule is NNc1c(C(=O)NCCn2ccnn2)cccc1[N+](=O)[O-]. The molecule has 1 aromatic carbocycles. The summed E-state index contributed by atoms with van der Waals surface area (Å²) in [6, 6.07) is 4.14. The van der Waals surface area contributed by atoms with Gasteiger partial charge in [0, 0.05) is 18.8 Å². The number of amides is 1. The smallest absolute Gasteiger partial charge is 0.294 e. The third kappa shape index (κ3) is 3.30. The average Bonchev–Trinajstić information content (AvgIpc) is 2.99. The summed E-state index contributed by atoms with van der Waals surface area (Å²) in [7, 11) is 0. The maximum absolute atomic E-state index is 12.1. The van der Waals surface area contributed by atoms with Crippen molar-refractivity contribution >= 4 is 17.3 Å². The number of nitrogens with one attached hydrogen (secondary N) is 2. The van der Waals surface area contributed by atoms with Crippen LogP contribution in [0.3, 0.4) is 0 Å². The summed E-state index contributed by atoms with van der Waals surface area (Å²) < 4.78 is 1.55. The number of aromatic nitrogens is 3. The molecular weight excluding hydrogens is 278 g/mol. The quantitative estimate of drug-likeness (QED) is 0.383. The zero-order chi connectivity index (χ0) is 15.2. The molecule has 0 bridgehead atoms. The number of hydrogen-bond acceptors (Lipinski definition) is 7. The minimum Gasteiger partial charge on any atom is -0.350 e. The second-order valence-electron chi connectivity index (χ2n) is 4.02. The van der Waals surface area contributed by atoms with Crippen molar-refractivity contribution < 1.29 is 9.72 Å². The maximum Gasteiger partial charge on any atom is 0.294 e. The molecule has 0 unspecified atom stereocenters. The number of carbonyl (C=O) groups excluding carboxylic acids is 1. The average molecular weight is 291 g/mol. The number of rotatable bonds is 6. The lowest BCUT2D eigenvalue weighted by atomic mass is 10.1. The Morgan fingerprint density at radius 1 is 1.48 bits per heavy atom. The van der Waals surface area contributed by atoms with E-state index in [2.05, 4.69) is 21.1 Å². The van der Waals surface area contributed by atoms with Gasteiger partial charge in [0.15, 0.2) is 0 Å². The molecule has 10 heteroatoms. The lowest BCUT2D eigenvalue weighted by molar-refractivity contribution is -0.384. The van der Waals surface area contributed by atoms with Gasteiger partial charge in [-0.1, -0.05) is 11.3 Å². The zero-order valence-electron chi connectivity index (χ0n) is 10.9. The number of nitrogens with two attached hydrogens (primary N) is 1. The van der Waals surface area contributed by atoms with E-state index in [1.165, 1.54) is 24.4 Å². The van der Waals surface area contributed by atoms with E-state index in [0.29, 0.717) is 13.1 Å². The number of hydrazine groups is 1. The highest BCUT2D eigenvalue weighted by atomic mass is 16.6. The van der Waals surface area contributed by atoms with Crippen molar-refractivity contribution in [2.24, 2.45) is 5.84 Å². The van der Waals surface area contributed by atoms with Crippen LogP contribution in [0.25, 0.3) is 0 Å². The molecule has 1 heterocycles. The standard InChI is InChI=1S/C11H13N7O3/c12-15-10-8(2-1-3-9(10)18(20)21)11(19)13-4-6-17-7-5-14-16-17/h1-3,5,7,15H,4,6,12H2,(H,13,19). The van der Waals surface area contributed by atoms with E-state index in [4.69, 9.17) is 5.84 Å². The number of nitro groups is 1. The van der Waals surface area contributed by atoms with Crippen LogP contribution in [-0.2, 0) is 6.54 Å². The zero-order valence-corrected chi connectivity index (χ0v) is 10.9. The van der Waals surface area contributed by atoms with Crippen LogP contribution in [0, 0.1) is 10.1 Å². The Balaban J connectivity index is 2.08. The Bertz CT molecular complexity index is 641. The summed E-state index contributed by atoms with van der Waals surface area (Å²) in [5, 5.41) is 20.9. The summed E-state index contributed by atoms with van der Waals surface area (Å²) in [5.74, 6) is 4.81. The second-order valence-corrected chi connectivity index (χ2v) is 4.02. The highest BCUT2D eigenvalue weighted by Gasteiger charge is 2.20. The Kier molecular flexibility index (Phi) is 4.41. The van der Waals surface area contributed by atoms with Gasteiger partial charge in [0.05, 0.1) is 23.2 Å². The summed E-state index contributed by atoms with van der Waals surface area (Å²) in [4.78, 5) is 22.3. The molecule has 0 aliphatic heterocycles. The molecular formula is C11H13N7O3. The van der Waals surface area contributed by atoms with Crippen LogP contribution in [0.4, 0.5) is 11.4 Å². The van der Waals surface area contributed by atoms with Crippen molar-refractivity contribution in [3.05, 3.63) is 46.3 Å². The number of para-hydroxylation sites is 1. The van der Waals surface area contributed by atoms with Gasteiger partial charge in [-0.3, -0.25) is 25.4 Å². The van der Waals surface area contributed by atoms with E-state index in [1.54, 1.807) is 10.9 Å². The highest BCUT2D eigenvalue weighted by molar-refractivity contribution is 6.01. The van der Waals surface area contributed by atoms with Gasteiger partial charge < -0.3 is 10.7 Å². The molecule has 0 aliphatic rings. The number of benzene rings is 1. The van der Waals surface area contributed by atoms with E-state index >= 15 is 0 Å². The van der Waals surface area contributed by atoms with Crippen LogP contribution >= 0.6 is 0 Å². The van der Waals surface area contributed by atoms with Gasteiger partial charge in [-0.05, 0) is 6.07 Å². The third-order valence-corrected chi connectivity index (χ3v) is 2.73. The van der Waals surface area contributed by atoms with Gasteiger partial charge in [0.1, 0.15) is 5.69 Å². The van der Waals surface area contributed by atoms with Gasteiger partial charge >= 0.3 is 0 Å². The van der Waals surface area contributed by atoms with Crippen LogP contribution < -0.4 is 16.6 Å². The molecule has 110 valence electrons. The van der Waals surface area contributed by atoms with Gasteiger partial charge in [-0.2, -0.15) is 0 Å². The summed E-state index contributed by atoms with van der Waals surface area (Å²) >= 11 is 0. The molecule has 10 nitrogen and oxygen atoms in total. The van der Waals surface area contributed by atoms with E-state index in [-0.39, 0.29) is 16.9 Å². The molecule has 4 N–H and O–H groups in total. The van der Waals surface area contributed by atoms with E-state index in [0.717, 1.165) is 0 Å². The first-order valence-electron chi connectivity index (χ1n) is 6.00. The lowest BCUT2D eigenvalue weighted by Crippen LogP contribution is -2.28. The number of nitrogen functional groups attached to an aromatic ring is 1. The fourth-order valence-electron chi connectivity index (χ4n) is 1.76. The van der Waals surface area contributed by atoms with E-state index in [9.17, 15) is 14.9 Å². The van der Waals surface area contributed by atoms with Crippen LogP contribution in [-0.4, -0.2) is 32.4 Å². The fraction of sp³-hybridized carbons (Fsp3) is 0.182. The van der Waals surface area contributed by atoms with Crippen LogP contribution in [0.1, 0.15) is 10.4 Å². The number of carbonyl (C=O) groups is 1. The largest absolute Gasteiger partial charge is 0.350 e. The number of hydrogen-bond donors (Lipinski definition) is 3. The Hall–Kier alpha value is -3.01. The Labute approximate surface area is 119 Å². The van der Waals surface area contributed by atoms with Gasteiger partial charge in [-0.25, -0.2) is 0 Å². The topological polar surface area (TPSA) is 141 Å². The minimum absolute atomic E-state index is 0.0271. The minimum atomic E-state index is -0.610. The van der Waals surface area contributed by atoms with E-state index in [1.807, 2.05) is 0 Å². The predicted molar refractivity (Wildman–Crippen MR) is 73.3 cm³/mol. The molecule has 0 saturated carbocycles. The molecule has 1 amide bonds. The number of nitrogens with zero attached hydrogens (tertiary/aromatic N) is 4. The summed E-state index contributed by atoms with van der Waals surface area (Å²) in [6.07, 6.45) is 3.19. The molecule has 2 rings (SSSR count). The normalized spacial score (nSPS) is 10.1. The first kappa shape index (κ1) is 14.4. The third-order valence-electron chi connectivity index (χ3n) is 2.73. The summed E-state index contributed by atoms with van der Waals surface area (Å²) in [6.45, 7) is 0.737. The van der Waals surface area contributed by atoms with Crippen molar-refractivity contribution in [1.29, 1.82) is 0 Å². The highest BCUT2D eigenvalue weighted by Crippen LogP contribution is 2.27. The molecule has 1 aromatic heterocycles. The first-order valence-corrected chi connectivity index (χ1v) is 6.00. The Morgan fingerprint density at radius 2 is 2.29 bits per heavy atom. The number of nitro benzene ring substituents is 1. The van der Waals surface area contributed by atoms with Crippen molar-refractivity contribution in [1.82, 2.24) is 20.3 Å². The van der Waals surface area contributed by atoms with Gasteiger partial charge in [-0.15, -0.1) is 5.10 Å².